The van der Waals surface area contributed by atoms with Gasteiger partial charge in [0.1, 0.15) is 5.52 Å². The average molecular weight is 475 g/mol. The summed E-state index contributed by atoms with van der Waals surface area (Å²) < 4.78 is 43.3. The van der Waals surface area contributed by atoms with Gasteiger partial charge in [0, 0.05) is 36.0 Å². The number of nitrogens with one attached hydrogen (secondary N) is 1. The van der Waals surface area contributed by atoms with Gasteiger partial charge >= 0.3 is 12.1 Å². The summed E-state index contributed by atoms with van der Waals surface area (Å²) in [5.74, 6) is -4.12. The zero-order valence-electron chi connectivity index (χ0n) is 17.6. The minimum Gasteiger partial charge on any atom is -0.437 e. The number of esters is 1. The summed E-state index contributed by atoms with van der Waals surface area (Å²) in [4.78, 5) is 35.3. The van der Waals surface area contributed by atoms with Crippen LogP contribution in [0, 0.1) is 5.92 Å². The molecule has 0 radical (unpaired) electrons. The molecule has 0 spiro atoms. The number of amides is 2. The predicted octanol–water partition coefficient (Wildman–Crippen LogP) is 2.62. The highest BCUT2D eigenvalue weighted by molar-refractivity contribution is 6.04. The van der Waals surface area contributed by atoms with Crippen molar-refractivity contribution in [2.24, 2.45) is 17.4 Å². The fourth-order valence-corrected chi connectivity index (χ4v) is 3.92. The number of halogens is 3. The summed E-state index contributed by atoms with van der Waals surface area (Å²) in [6.07, 6.45) is -3.53. The molecule has 0 aliphatic heterocycles. The quantitative estimate of drug-likeness (QED) is 0.383. The molecule has 1 aliphatic carbocycles. The summed E-state index contributed by atoms with van der Waals surface area (Å²) in [6, 6.07) is 11.7. The zero-order valence-corrected chi connectivity index (χ0v) is 17.6. The van der Waals surface area contributed by atoms with Gasteiger partial charge in [-0.25, -0.2) is 9.48 Å². The fourth-order valence-electron chi connectivity index (χ4n) is 3.92. The molecule has 1 saturated carbocycles. The topological polar surface area (TPSA) is 142 Å². The first-order valence-corrected chi connectivity index (χ1v) is 10.2. The van der Waals surface area contributed by atoms with E-state index >= 15 is 0 Å². The maximum Gasteiger partial charge on any atom is 0.490 e. The summed E-state index contributed by atoms with van der Waals surface area (Å²) in [7, 11) is 0. The van der Waals surface area contributed by atoms with Crippen molar-refractivity contribution < 1.29 is 32.3 Å². The number of primary amides is 1. The lowest BCUT2D eigenvalue weighted by molar-refractivity contribution is -0.213. The van der Waals surface area contributed by atoms with E-state index in [0.717, 1.165) is 5.39 Å². The molecule has 0 bridgehead atoms. The first-order chi connectivity index (χ1) is 15.9. The van der Waals surface area contributed by atoms with E-state index in [-0.39, 0.29) is 19.3 Å². The number of anilines is 1. The Hall–Kier alpha value is -3.93. The highest BCUT2D eigenvalue weighted by Gasteiger charge is 2.49. The minimum absolute atomic E-state index is 0.0635. The van der Waals surface area contributed by atoms with E-state index in [1.165, 1.54) is 0 Å². The van der Waals surface area contributed by atoms with Gasteiger partial charge in [0.05, 0.1) is 11.3 Å². The molecule has 2 aromatic carbocycles. The molecule has 2 atom stereocenters. The highest BCUT2D eigenvalue weighted by Crippen LogP contribution is 2.36. The lowest BCUT2D eigenvalue weighted by Crippen LogP contribution is -2.45. The number of carbonyl (C=O) groups is 3. The van der Waals surface area contributed by atoms with Crippen molar-refractivity contribution in [1.29, 1.82) is 0 Å². The van der Waals surface area contributed by atoms with Crippen LogP contribution in [0.1, 0.15) is 29.6 Å². The van der Waals surface area contributed by atoms with Crippen molar-refractivity contribution in [3.05, 3.63) is 54.2 Å². The summed E-state index contributed by atoms with van der Waals surface area (Å²) >= 11 is 0. The Morgan fingerprint density at radius 3 is 2.50 bits per heavy atom. The number of hydrogen-bond acceptors (Lipinski definition) is 6. The Morgan fingerprint density at radius 1 is 1.15 bits per heavy atom. The Kier molecular flexibility index (Phi) is 5.77. The number of nitrogens with zero attached hydrogens (tertiary/aromatic N) is 2. The second-order valence-corrected chi connectivity index (χ2v) is 8.11. The van der Waals surface area contributed by atoms with Crippen molar-refractivity contribution in [3.8, 4) is 5.69 Å². The fraction of sp³-hybridized carbons (Fsp3) is 0.273. The number of benzene rings is 2. The lowest BCUT2D eigenvalue weighted by atomic mass is 10.1. The number of ether oxygens (including phenoxy) is 1. The summed E-state index contributed by atoms with van der Waals surface area (Å²) in [5.41, 5.74) is 11.2. The van der Waals surface area contributed by atoms with Crippen LogP contribution in [0.2, 0.25) is 0 Å². The number of fused-ring (bicyclic) bond motifs is 1. The van der Waals surface area contributed by atoms with E-state index in [9.17, 15) is 27.6 Å². The van der Waals surface area contributed by atoms with E-state index in [4.69, 9.17) is 11.5 Å². The van der Waals surface area contributed by atoms with Gasteiger partial charge in [-0.05, 0) is 36.8 Å². The van der Waals surface area contributed by atoms with E-state index in [1.54, 1.807) is 53.3 Å². The molecule has 2 amide bonds. The third-order valence-electron chi connectivity index (χ3n) is 5.61. The zero-order chi connectivity index (χ0) is 24.7. The maximum absolute atomic E-state index is 12.6. The van der Waals surface area contributed by atoms with Gasteiger partial charge in [0.2, 0.25) is 5.91 Å². The molecular formula is C22H20F3N5O4. The van der Waals surface area contributed by atoms with Crippen molar-refractivity contribution in [2.45, 2.75) is 31.2 Å². The van der Waals surface area contributed by atoms with Crippen LogP contribution in [0.3, 0.4) is 0 Å². The van der Waals surface area contributed by atoms with Crippen LogP contribution in [0.5, 0.6) is 0 Å². The molecule has 1 heterocycles. The molecule has 1 aliphatic rings. The Labute approximate surface area is 190 Å². The standard InChI is InChI=1S/C22H20F3N5O4/c23-22(24,25)20(33)34-21(27)9-8-12(10-21)19(32)28-14-4-6-15(7-5-14)30-11-13-2-1-3-16(18(26)31)17(13)29-30/h1-7,11-12H,8-10,27H2,(H2,26,31)(H,28,32)/t12-,21-/m1/s1. The second kappa shape index (κ2) is 8.45. The molecule has 12 heteroatoms. The van der Waals surface area contributed by atoms with Gasteiger partial charge in [0.25, 0.3) is 5.91 Å². The van der Waals surface area contributed by atoms with Crippen LogP contribution in [0.4, 0.5) is 18.9 Å². The van der Waals surface area contributed by atoms with E-state index in [2.05, 4.69) is 15.2 Å². The molecule has 9 nitrogen and oxygen atoms in total. The van der Waals surface area contributed by atoms with Crippen molar-refractivity contribution >= 4 is 34.4 Å². The molecule has 0 unspecified atom stereocenters. The van der Waals surface area contributed by atoms with Crippen molar-refractivity contribution in [1.82, 2.24) is 9.78 Å². The molecule has 4 rings (SSSR count). The minimum atomic E-state index is -5.16. The van der Waals surface area contributed by atoms with Crippen LogP contribution >= 0.6 is 0 Å². The number of aromatic nitrogens is 2. The van der Waals surface area contributed by atoms with Gasteiger partial charge in [-0.1, -0.05) is 12.1 Å². The molecule has 0 saturated heterocycles. The first kappa shape index (κ1) is 23.2. The SMILES string of the molecule is NC(=O)c1cccc2cn(-c3ccc(NC(=O)[C@@H]4CC[C@@](N)(OC(=O)C(F)(F)F)C4)cc3)nc12. The van der Waals surface area contributed by atoms with Gasteiger partial charge in [-0.3, -0.25) is 15.3 Å². The van der Waals surface area contributed by atoms with Gasteiger partial charge < -0.3 is 15.8 Å². The van der Waals surface area contributed by atoms with Gasteiger partial charge in [-0.2, -0.15) is 18.3 Å². The van der Waals surface area contributed by atoms with Crippen LogP contribution in [-0.4, -0.2) is 39.5 Å². The van der Waals surface area contributed by atoms with Gasteiger partial charge in [-0.15, -0.1) is 0 Å². The Morgan fingerprint density at radius 2 is 1.85 bits per heavy atom. The molecule has 178 valence electrons. The number of nitrogens with two attached hydrogens (primary N) is 2. The van der Waals surface area contributed by atoms with E-state index in [1.807, 2.05) is 0 Å². The Balaban J connectivity index is 1.42. The number of rotatable bonds is 5. The Bertz CT molecular complexity index is 1270. The van der Waals surface area contributed by atoms with Crippen molar-refractivity contribution in [3.63, 3.8) is 0 Å². The molecular weight excluding hydrogens is 455 g/mol. The largest absolute Gasteiger partial charge is 0.490 e. The molecule has 34 heavy (non-hydrogen) atoms. The second-order valence-electron chi connectivity index (χ2n) is 8.11. The smallest absolute Gasteiger partial charge is 0.437 e. The van der Waals surface area contributed by atoms with Gasteiger partial charge in [0.15, 0.2) is 5.72 Å². The van der Waals surface area contributed by atoms with E-state index < -0.39 is 35.6 Å². The maximum atomic E-state index is 12.6. The third kappa shape index (κ3) is 4.71. The number of hydrogen-bond donors (Lipinski definition) is 3. The first-order valence-electron chi connectivity index (χ1n) is 10.2. The molecule has 5 N–H and O–H groups in total. The summed E-state index contributed by atoms with van der Waals surface area (Å²) in [5, 5.41) is 7.82. The monoisotopic (exact) mass is 475 g/mol. The van der Waals surface area contributed by atoms with Crippen LogP contribution in [0.25, 0.3) is 16.6 Å². The average Bonchev–Trinajstić information content (AvgIpc) is 3.37. The number of alkyl halides is 3. The lowest BCUT2D eigenvalue weighted by Gasteiger charge is -2.24. The molecule has 1 fully saturated rings. The number of carbonyl (C=O) groups excluding carboxylic acids is 3. The normalized spacial score (nSPS) is 20.3. The van der Waals surface area contributed by atoms with Crippen LogP contribution < -0.4 is 16.8 Å². The summed E-state index contributed by atoms with van der Waals surface area (Å²) in [6.45, 7) is 0. The van der Waals surface area contributed by atoms with Crippen LogP contribution in [0.15, 0.2) is 48.7 Å². The van der Waals surface area contributed by atoms with Crippen LogP contribution in [-0.2, 0) is 14.3 Å². The molecule has 3 aromatic rings. The predicted molar refractivity (Wildman–Crippen MR) is 115 cm³/mol. The van der Waals surface area contributed by atoms with E-state index in [0.29, 0.717) is 22.5 Å². The third-order valence-corrected chi connectivity index (χ3v) is 5.61. The molecule has 1 aromatic heterocycles. The van der Waals surface area contributed by atoms with Crippen molar-refractivity contribution in [2.75, 3.05) is 5.32 Å². The highest BCUT2D eigenvalue weighted by atomic mass is 19.4.